The van der Waals surface area contributed by atoms with Crippen LogP contribution >= 0.6 is 15.9 Å². The number of halogens is 1. The molecule has 0 aliphatic heterocycles. The Bertz CT molecular complexity index is 635. The molecule has 1 amide bonds. The minimum atomic E-state index is -0.269. The van der Waals surface area contributed by atoms with Crippen molar-refractivity contribution in [1.82, 2.24) is 15.5 Å². The number of hydrogen-bond donors (Lipinski definition) is 1. The van der Waals surface area contributed by atoms with Crippen molar-refractivity contribution in [1.29, 1.82) is 0 Å². The van der Waals surface area contributed by atoms with Crippen LogP contribution < -0.4 is 5.32 Å². The zero-order valence-electron chi connectivity index (χ0n) is 11.7. The number of nitrogens with zero attached hydrogens (tertiary/aromatic N) is 2. The summed E-state index contributed by atoms with van der Waals surface area (Å²) in [5.74, 6) is 1.20. The van der Waals surface area contributed by atoms with E-state index in [1.807, 2.05) is 31.2 Å². The van der Waals surface area contributed by atoms with Gasteiger partial charge in [0.25, 0.3) is 0 Å². The fourth-order valence-corrected chi connectivity index (χ4v) is 2.46. The summed E-state index contributed by atoms with van der Waals surface area (Å²) in [6.45, 7) is 1.86. The van der Waals surface area contributed by atoms with Crippen molar-refractivity contribution >= 4 is 21.8 Å². The molecule has 1 aromatic carbocycles. The standard InChI is InChI=1S/C15H16BrN3O2/c1-9(17-14(20)11-3-2-4-11)15-18-13(19-21-15)10-5-7-12(16)8-6-10/h5-9,11H,2-4H2,1H3,(H,17,20)/t9-/m0/s1. The lowest BCUT2D eigenvalue weighted by molar-refractivity contribution is -0.128. The van der Waals surface area contributed by atoms with Gasteiger partial charge in [0.15, 0.2) is 0 Å². The van der Waals surface area contributed by atoms with Gasteiger partial charge in [0.05, 0.1) is 0 Å². The van der Waals surface area contributed by atoms with Crippen LogP contribution in [0.2, 0.25) is 0 Å². The molecular formula is C15H16BrN3O2. The van der Waals surface area contributed by atoms with Crippen LogP contribution in [-0.2, 0) is 4.79 Å². The molecule has 1 N–H and O–H groups in total. The molecule has 0 radical (unpaired) electrons. The molecule has 5 nitrogen and oxygen atoms in total. The third-order valence-electron chi connectivity index (χ3n) is 3.75. The van der Waals surface area contributed by atoms with Crippen LogP contribution in [0.1, 0.15) is 38.1 Å². The Morgan fingerprint density at radius 2 is 2.10 bits per heavy atom. The highest BCUT2D eigenvalue weighted by atomic mass is 79.9. The number of aromatic nitrogens is 2. The van der Waals surface area contributed by atoms with E-state index in [4.69, 9.17) is 4.52 Å². The van der Waals surface area contributed by atoms with E-state index in [2.05, 4.69) is 31.4 Å². The topological polar surface area (TPSA) is 68.0 Å². The lowest BCUT2D eigenvalue weighted by Crippen LogP contribution is -2.36. The highest BCUT2D eigenvalue weighted by Crippen LogP contribution is 2.27. The summed E-state index contributed by atoms with van der Waals surface area (Å²) >= 11 is 3.39. The van der Waals surface area contributed by atoms with Crippen LogP contribution in [0.3, 0.4) is 0 Å². The van der Waals surface area contributed by atoms with Gasteiger partial charge in [-0.1, -0.05) is 27.5 Å². The van der Waals surface area contributed by atoms with Crippen LogP contribution in [-0.4, -0.2) is 16.0 Å². The van der Waals surface area contributed by atoms with Crippen molar-refractivity contribution in [2.75, 3.05) is 0 Å². The van der Waals surface area contributed by atoms with Crippen LogP contribution in [0, 0.1) is 5.92 Å². The molecule has 1 heterocycles. The van der Waals surface area contributed by atoms with E-state index in [-0.39, 0.29) is 17.9 Å². The molecule has 0 saturated heterocycles. The van der Waals surface area contributed by atoms with E-state index in [0.29, 0.717) is 11.7 Å². The van der Waals surface area contributed by atoms with Gasteiger partial charge in [-0.25, -0.2) is 0 Å². The third kappa shape index (κ3) is 3.15. The lowest BCUT2D eigenvalue weighted by Gasteiger charge is -2.25. The van der Waals surface area contributed by atoms with Crippen LogP contribution in [0.4, 0.5) is 0 Å². The Morgan fingerprint density at radius 3 is 2.71 bits per heavy atom. The van der Waals surface area contributed by atoms with Gasteiger partial charge in [0.2, 0.25) is 17.6 Å². The fourth-order valence-electron chi connectivity index (χ4n) is 2.19. The maximum atomic E-state index is 11.9. The van der Waals surface area contributed by atoms with Gasteiger partial charge in [-0.3, -0.25) is 4.79 Å². The van der Waals surface area contributed by atoms with Crippen molar-refractivity contribution in [3.63, 3.8) is 0 Å². The molecular weight excluding hydrogens is 334 g/mol. The van der Waals surface area contributed by atoms with Gasteiger partial charge in [0.1, 0.15) is 6.04 Å². The largest absolute Gasteiger partial charge is 0.344 e. The summed E-state index contributed by atoms with van der Waals surface area (Å²) in [6.07, 6.45) is 3.10. The number of amides is 1. The van der Waals surface area contributed by atoms with Crippen molar-refractivity contribution in [3.05, 3.63) is 34.6 Å². The normalized spacial score (nSPS) is 16.3. The molecule has 6 heteroatoms. The van der Waals surface area contributed by atoms with Gasteiger partial charge in [0, 0.05) is 16.0 Å². The Balaban J connectivity index is 1.68. The second-order valence-corrected chi connectivity index (χ2v) is 6.24. The first-order valence-electron chi connectivity index (χ1n) is 7.03. The Kier molecular flexibility index (Phi) is 4.05. The SMILES string of the molecule is C[C@H](NC(=O)C1CCC1)c1nc(-c2ccc(Br)cc2)no1. The summed E-state index contributed by atoms with van der Waals surface area (Å²) in [7, 11) is 0. The van der Waals surface area contributed by atoms with Gasteiger partial charge in [-0.05, 0) is 44.0 Å². The van der Waals surface area contributed by atoms with E-state index >= 15 is 0 Å². The molecule has 2 aromatic rings. The predicted molar refractivity (Wildman–Crippen MR) is 81.3 cm³/mol. The van der Waals surface area contributed by atoms with Crippen molar-refractivity contribution in [3.8, 4) is 11.4 Å². The summed E-state index contributed by atoms with van der Waals surface area (Å²) in [5, 5.41) is 6.90. The molecule has 1 aromatic heterocycles. The Morgan fingerprint density at radius 1 is 1.38 bits per heavy atom. The number of benzene rings is 1. The maximum absolute atomic E-state index is 11.9. The zero-order chi connectivity index (χ0) is 14.8. The first-order chi connectivity index (χ1) is 10.1. The summed E-state index contributed by atoms with van der Waals surface area (Å²) in [6, 6.07) is 7.40. The quantitative estimate of drug-likeness (QED) is 0.917. The molecule has 21 heavy (non-hydrogen) atoms. The molecule has 1 saturated carbocycles. The molecule has 3 rings (SSSR count). The van der Waals surface area contributed by atoms with E-state index in [1.54, 1.807) is 0 Å². The minimum Gasteiger partial charge on any atom is -0.344 e. The molecule has 0 spiro atoms. The van der Waals surface area contributed by atoms with Crippen LogP contribution in [0.25, 0.3) is 11.4 Å². The van der Waals surface area contributed by atoms with Crippen molar-refractivity contribution in [2.45, 2.75) is 32.2 Å². The summed E-state index contributed by atoms with van der Waals surface area (Å²) in [4.78, 5) is 16.3. The minimum absolute atomic E-state index is 0.0807. The average Bonchev–Trinajstić information content (AvgIpc) is 2.87. The molecule has 0 unspecified atom stereocenters. The molecule has 1 atom stereocenters. The summed E-state index contributed by atoms with van der Waals surface area (Å²) < 4.78 is 6.25. The number of carbonyl (C=O) groups excluding carboxylic acids is 1. The fraction of sp³-hybridized carbons (Fsp3) is 0.400. The van der Waals surface area contributed by atoms with Gasteiger partial charge < -0.3 is 9.84 Å². The number of rotatable bonds is 4. The zero-order valence-corrected chi connectivity index (χ0v) is 13.3. The predicted octanol–water partition coefficient (Wildman–Crippen LogP) is 3.48. The van der Waals surface area contributed by atoms with Crippen LogP contribution in [0.5, 0.6) is 0 Å². The van der Waals surface area contributed by atoms with Gasteiger partial charge in [-0.15, -0.1) is 0 Å². The second kappa shape index (κ2) is 5.97. The molecule has 0 bridgehead atoms. The van der Waals surface area contributed by atoms with Crippen molar-refractivity contribution < 1.29 is 9.32 Å². The monoisotopic (exact) mass is 349 g/mol. The molecule has 1 aliphatic rings. The maximum Gasteiger partial charge on any atom is 0.249 e. The van der Waals surface area contributed by atoms with Crippen molar-refractivity contribution in [2.24, 2.45) is 5.92 Å². The first-order valence-corrected chi connectivity index (χ1v) is 7.82. The van der Waals surface area contributed by atoms with E-state index in [0.717, 1.165) is 29.3 Å². The van der Waals surface area contributed by atoms with Gasteiger partial charge in [-0.2, -0.15) is 4.98 Å². The number of carbonyl (C=O) groups is 1. The number of hydrogen-bond acceptors (Lipinski definition) is 4. The first kappa shape index (κ1) is 14.3. The third-order valence-corrected chi connectivity index (χ3v) is 4.28. The molecule has 1 fully saturated rings. The van der Waals surface area contributed by atoms with Gasteiger partial charge >= 0.3 is 0 Å². The Labute approximate surface area is 131 Å². The highest BCUT2D eigenvalue weighted by Gasteiger charge is 2.27. The lowest BCUT2D eigenvalue weighted by atomic mass is 9.84. The average molecular weight is 350 g/mol. The van der Waals surface area contributed by atoms with Crippen LogP contribution in [0.15, 0.2) is 33.3 Å². The molecule has 110 valence electrons. The highest BCUT2D eigenvalue weighted by molar-refractivity contribution is 9.10. The van der Waals surface area contributed by atoms with E-state index < -0.39 is 0 Å². The second-order valence-electron chi connectivity index (χ2n) is 5.32. The smallest absolute Gasteiger partial charge is 0.249 e. The Hall–Kier alpha value is -1.69. The van der Waals surface area contributed by atoms with E-state index in [9.17, 15) is 4.79 Å². The number of nitrogens with one attached hydrogen (secondary N) is 1. The van der Waals surface area contributed by atoms with E-state index in [1.165, 1.54) is 0 Å². The molecule has 1 aliphatic carbocycles. The summed E-state index contributed by atoms with van der Waals surface area (Å²) in [5.41, 5.74) is 0.880.